The van der Waals surface area contributed by atoms with E-state index in [1.807, 2.05) is 12.1 Å². The molecule has 8 nitrogen and oxygen atoms in total. The number of pyridine rings is 1. The molecule has 236 valence electrons. The molecule has 3 aromatic carbocycles. The topological polar surface area (TPSA) is 91.3 Å². The fraction of sp³-hybridized carbons (Fsp3) is 0.351. The standard InChI is InChI=1S/C37H41ClN8/c1-37(2,3)45-17-15-28(16-18-45)46-23-33(43-44-46)35(25-10-5-4-6-11-25)41-27-19-30-34(26(21-39)22-40-36(30)31(38)20-27)42-32-14-13-24-9-7-8-12-29(24)32/h4-12,19-20,22-23,28,32,35,41,43-44H,13-18H2,1-3H3,(H,40,42)/t32-,35+/m1/s1. The summed E-state index contributed by atoms with van der Waals surface area (Å²) in [5.74, 6) is 0. The van der Waals surface area contributed by atoms with Crippen LogP contribution in [0.2, 0.25) is 5.02 Å². The molecule has 1 saturated heterocycles. The Morgan fingerprint density at radius 1 is 1.02 bits per heavy atom. The van der Waals surface area contributed by atoms with Crippen molar-refractivity contribution >= 4 is 33.9 Å². The summed E-state index contributed by atoms with van der Waals surface area (Å²) >= 11 is 6.92. The molecule has 0 spiro atoms. The van der Waals surface area contributed by atoms with Gasteiger partial charge in [-0.15, -0.1) is 5.53 Å². The number of rotatable bonds is 7. The predicted molar refractivity (Wildman–Crippen MR) is 186 cm³/mol. The van der Waals surface area contributed by atoms with Gasteiger partial charge in [-0.1, -0.05) is 66.2 Å². The van der Waals surface area contributed by atoms with Crippen LogP contribution in [-0.2, 0) is 6.42 Å². The van der Waals surface area contributed by atoms with Gasteiger partial charge in [-0.3, -0.25) is 14.9 Å². The molecule has 9 heteroatoms. The molecule has 4 N–H and O–H groups in total. The number of aryl methyl sites for hydroxylation is 1. The molecule has 2 atom stereocenters. The number of fused-ring (bicyclic) bond motifs is 2. The molecule has 46 heavy (non-hydrogen) atoms. The lowest BCUT2D eigenvalue weighted by Gasteiger charge is -2.42. The van der Waals surface area contributed by atoms with Gasteiger partial charge in [0.05, 0.1) is 39.6 Å². The summed E-state index contributed by atoms with van der Waals surface area (Å²) in [6.07, 6.45) is 7.98. The second-order valence-electron chi connectivity index (χ2n) is 13.6. The summed E-state index contributed by atoms with van der Waals surface area (Å²) in [7, 11) is 0. The van der Waals surface area contributed by atoms with Crippen molar-refractivity contribution in [2.24, 2.45) is 0 Å². The van der Waals surface area contributed by atoms with Crippen LogP contribution in [0.25, 0.3) is 10.9 Å². The number of nitrogens with zero attached hydrogens (tertiary/aromatic N) is 4. The number of anilines is 2. The van der Waals surface area contributed by atoms with Gasteiger partial charge in [0, 0.05) is 48.1 Å². The van der Waals surface area contributed by atoms with Gasteiger partial charge in [-0.2, -0.15) is 5.26 Å². The van der Waals surface area contributed by atoms with E-state index in [0.717, 1.165) is 66.8 Å². The number of hydrazine groups is 2. The smallest absolute Gasteiger partial charge is 0.103 e. The van der Waals surface area contributed by atoms with E-state index in [1.165, 1.54) is 11.1 Å². The maximum Gasteiger partial charge on any atom is 0.103 e. The second kappa shape index (κ2) is 12.5. The third kappa shape index (κ3) is 5.99. The minimum absolute atomic E-state index is 0.113. The molecule has 4 aromatic rings. The Balaban J connectivity index is 1.20. The number of halogens is 1. The molecule has 0 saturated carbocycles. The highest BCUT2D eigenvalue weighted by atomic mass is 35.5. The Kier molecular flexibility index (Phi) is 8.24. The summed E-state index contributed by atoms with van der Waals surface area (Å²) in [4.78, 5) is 7.17. The van der Waals surface area contributed by atoms with E-state index in [-0.39, 0.29) is 17.6 Å². The van der Waals surface area contributed by atoms with Crippen LogP contribution in [0.3, 0.4) is 0 Å². The fourth-order valence-electron chi connectivity index (χ4n) is 7.12. The van der Waals surface area contributed by atoms with E-state index >= 15 is 0 Å². The SMILES string of the molecule is CC(C)(C)N1CCC(N2C=C([C@@H](Nc3cc(Cl)c4ncc(C#N)c(N[C@@H]5CCc6ccccc65)c4c3)c3ccccc3)NN2)CC1. The largest absolute Gasteiger partial charge is 0.377 e. The summed E-state index contributed by atoms with van der Waals surface area (Å²) in [6.45, 7) is 9.03. The van der Waals surface area contributed by atoms with E-state index in [2.05, 4.69) is 124 Å². The Labute approximate surface area is 276 Å². The zero-order chi connectivity index (χ0) is 31.8. The van der Waals surface area contributed by atoms with Crippen LogP contribution >= 0.6 is 11.6 Å². The van der Waals surface area contributed by atoms with Gasteiger partial charge in [-0.25, -0.2) is 0 Å². The Morgan fingerprint density at radius 2 is 1.78 bits per heavy atom. The van der Waals surface area contributed by atoms with Crippen LogP contribution in [0.4, 0.5) is 11.4 Å². The molecule has 3 aliphatic rings. The van der Waals surface area contributed by atoms with Crippen molar-refractivity contribution in [3.63, 3.8) is 0 Å². The van der Waals surface area contributed by atoms with E-state index in [4.69, 9.17) is 11.6 Å². The number of hydrogen-bond donors (Lipinski definition) is 4. The lowest BCUT2D eigenvalue weighted by molar-refractivity contribution is 0.0570. The molecule has 0 radical (unpaired) electrons. The van der Waals surface area contributed by atoms with Crippen LogP contribution < -0.4 is 21.6 Å². The van der Waals surface area contributed by atoms with Crippen molar-refractivity contribution in [1.29, 1.82) is 5.26 Å². The number of nitrogens with one attached hydrogen (secondary N) is 4. The van der Waals surface area contributed by atoms with Gasteiger partial charge in [0.15, 0.2) is 0 Å². The predicted octanol–water partition coefficient (Wildman–Crippen LogP) is 7.44. The Hall–Kier alpha value is -4.29. The quantitative estimate of drug-likeness (QED) is 0.167. The van der Waals surface area contributed by atoms with Gasteiger partial charge >= 0.3 is 0 Å². The summed E-state index contributed by atoms with van der Waals surface area (Å²) in [5, 5.41) is 21.2. The minimum atomic E-state index is -0.174. The first-order valence-electron chi connectivity index (χ1n) is 16.2. The highest BCUT2D eigenvalue weighted by molar-refractivity contribution is 6.35. The van der Waals surface area contributed by atoms with Crippen molar-refractivity contribution in [3.05, 3.63) is 112 Å². The minimum Gasteiger partial charge on any atom is -0.377 e. The zero-order valence-electron chi connectivity index (χ0n) is 26.6. The van der Waals surface area contributed by atoms with Crippen LogP contribution in [0, 0.1) is 11.3 Å². The molecule has 0 amide bonds. The first kappa shape index (κ1) is 30.4. The van der Waals surface area contributed by atoms with E-state index in [9.17, 15) is 5.26 Å². The van der Waals surface area contributed by atoms with Gasteiger partial charge in [-0.05, 0) is 75.3 Å². The fourth-order valence-corrected chi connectivity index (χ4v) is 7.39. The van der Waals surface area contributed by atoms with E-state index in [1.54, 1.807) is 6.20 Å². The number of benzene rings is 3. The Bertz CT molecular complexity index is 1800. The third-order valence-electron chi connectivity index (χ3n) is 9.67. The van der Waals surface area contributed by atoms with Gasteiger partial charge in [0.25, 0.3) is 0 Å². The molecular weight excluding hydrogens is 592 g/mol. The van der Waals surface area contributed by atoms with E-state index < -0.39 is 0 Å². The van der Waals surface area contributed by atoms with Gasteiger partial charge in [0.2, 0.25) is 0 Å². The summed E-state index contributed by atoms with van der Waals surface area (Å²) in [6, 6.07) is 25.6. The van der Waals surface area contributed by atoms with Crippen molar-refractivity contribution in [3.8, 4) is 6.07 Å². The monoisotopic (exact) mass is 632 g/mol. The molecule has 0 unspecified atom stereocenters. The molecule has 1 fully saturated rings. The van der Waals surface area contributed by atoms with Crippen molar-refractivity contribution in [1.82, 2.24) is 25.9 Å². The maximum atomic E-state index is 10.1. The van der Waals surface area contributed by atoms with Crippen LogP contribution in [-0.4, -0.2) is 39.6 Å². The molecule has 0 bridgehead atoms. The van der Waals surface area contributed by atoms with Crippen LogP contribution in [0.15, 0.2) is 84.8 Å². The number of nitriles is 1. The second-order valence-corrected chi connectivity index (χ2v) is 14.0. The molecule has 3 heterocycles. The normalized spacial score (nSPS) is 19.3. The molecule has 1 aromatic heterocycles. The molecule has 2 aliphatic heterocycles. The maximum absolute atomic E-state index is 10.1. The highest BCUT2D eigenvalue weighted by Crippen LogP contribution is 2.40. The Morgan fingerprint density at radius 3 is 2.54 bits per heavy atom. The number of likely N-dealkylation sites (tertiary alicyclic amines) is 1. The highest BCUT2D eigenvalue weighted by Gasteiger charge is 2.32. The summed E-state index contributed by atoms with van der Waals surface area (Å²) < 4.78 is 0. The van der Waals surface area contributed by atoms with E-state index in [0.29, 0.717) is 22.1 Å². The van der Waals surface area contributed by atoms with Gasteiger partial charge in [0.1, 0.15) is 6.07 Å². The zero-order valence-corrected chi connectivity index (χ0v) is 27.4. The van der Waals surface area contributed by atoms with Crippen molar-refractivity contribution in [2.75, 3.05) is 23.7 Å². The lowest BCUT2D eigenvalue weighted by Crippen LogP contribution is -2.52. The third-order valence-corrected chi connectivity index (χ3v) is 9.95. The summed E-state index contributed by atoms with van der Waals surface area (Å²) in [5.41, 5.74) is 14.6. The van der Waals surface area contributed by atoms with Crippen LogP contribution in [0.5, 0.6) is 0 Å². The average Bonchev–Trinajstić information content (AvgIpc) is 3.72. The average molecular weight is 633 g/mol. The van der Waals surface area contributed by atoms with Crippen molar-refractivity contribution in [2.45, 2.75) is 70.1 Å². The first-order valence-corrected chi connectivity index (χ1v) is 16.6. The first-order chi connectivity index (χ1) is 22.3. The number of piperidine rings is 1. The number of aromatic nitrogens is 1. The van der Waals surface area contributed by atoms with Gasteiger partial charge < -0.3 is 16.1 Å². The number of hydrogen-bond acceptors (Lipinski definition) is 8. The molecular formula is C37H41ClN8. The molecule has 7 rings (SSSR count). The van der Waals surface area contributed by atoms with Crippen molar-refractivity contribution < 1.29 is 0 Å². The lowest BCUT2D eigenvalue weighted by atomic mass is 9.98. The molecule has 1 aliphatic carbocycles. The van der Waals surface area contributed by atoms with Crippen LogP contribution in [0.1, 0.15) is 74.4 Å².